The molecule has 0 aliphatic rings. The first-order valence-electron chi connectivity index (χ1n) is 11.3. The number of rotatable bonds is 7. The topological polar surface area (TPSA) is 81.8 Å². The maximum atomic E-state index is 13.5. The summed E-state index contributed by atoms with van der Waals surface area (Å²) in [5.74, 6) is -0.224. The minimum atomic E-state index is -0.699. The number of hydrogen-bond donors (Lipinski definition) is 1. The molecule has 4 rings (SSSR count). The van der Waals surface area contributed by atoms with E-state index in [1.807, 2.05) is 63.2 Å². The van der Waals surface area contributed by atoms with E-state index in [0.29, 0.717) is 29.6 Å². The van der Waals surface area contributed by atoms with Gasteiger partial charge in [-0.15, -0.1) is 0 Å². The van der Waals surface area contributed by atoms with Gasteiger partial charge in [0.15, 0.2) is 0 Å². The van der Waals surface area contributed by atoms with Gasteiger partial charge in [-0.25, -0.2) is 9.36 Å². The molecule has 0 aliphatic carbocycles. The van der Waals surface area contributed by atoms with Crippen LogP contribution in [0, 0.1) is 13.8 Å². The Morgan fingerprint density at radius 1 is 0.970 bits per heavy atom. The second-order valence-electron chi connectivity index (χ2n) is 8.20. The fourth-order valence-electron chi connectivity index (χ4n) is 4.08. The van der Waals surface area contributed by atoms with Gasteiger partial charge in [0, 0.05) is 6.54 Å². The third kappa shape index (κ3) is 4.31. The first-order chi connectivity index (χ1) is 15.9. The van der Waals surface area contributed by atoms with E-state index >= 15 is 0 Å². The van der Waals surface area contributed by atoms with E-state index in [-0.39, 0.29) is 11.5 Å². The molecule has 0 aliphatic heterocycles. The monoisotopic (exact) mass is 443 g/mol. The summed E-state index contributed by atoms with van der Waals surface area (Å²) >= 11 is 0. The van der Waals surface area contributed by atoms with Crippen molar-refractivity contribution in [1.29, 1.82) is 0 Å². The molecule has 1 atom stereocenters. The van der Waals surface area contributed by atoms with Crippen LogP contribution >= 0.6 is 0 Å². The van der Waals surface area contributed by atoms with E-state index < -0.39 is 6.04 Å². The van der Waals surface area contributed by atoms with Crippen molar-refractivity contribution < 1.29 is 4.79 Å². The molecule has 0 radical (unpaired) electrons. The predicted octanol–water partition coefficient (Wildman–Crippen LogP) is 4.03. The zero-order valence-corrected chi connectivity index (χ0v) is 19.5. The zero-order valence-electron chi connectivity index (χ0n) is 19.5. The number of aryl methyl sites for hydroxylation is 3. The number of benzene rings is 2. The number of carbonyl (C=O) groups is 1. The fraction of sp³-hybridized carbons (Fsp3) is 0.308. The molecule has 7 nitrogen and oxygen atoms in total. The quantitative estimate of drug-likeness (QED) is 0.468. The lowest BCUT2D eigenvalue weighted by atomic mass is 10.1. The van der Waals surface area contributed by atoms with Gasteiger partial charge in [0.1, 0.15) is 11.6 Å². The number of para-hydroxylation sites is 1. The number of nitrogens with one attached hydrogen (secondary N) is 1. The highest BCUT2D eigenvalue weighted by atomic mass is 16.2. The average Bonchev–Trinajstić information content (AvgIpc) is 3.20. The summed E-state index contributed by atoms with van der Waals surface area (Å²) < 4.78 is 3.07. The Labute approximate surface area is 193 Å². The number of carbonyl (C=O) groups excluding carboxylic acids is 1. The van der Waals surface area contributed by atoms with E-state index in [4.69, 9.17) is 0 Å². The standard InChI is InChI=1S/C26H29N5O2/c1-5-19-12-14-20(15-13-19)16-27-25(32)22(6-2)31-26(33)23-18(4)30(21-10-8-7-9-11-21)29-24(23)17(3)28-31/h7-15,22H,5-6,16H2,1-4H3,(H,27,32)/t22-/m0/s1. The van der Waals surface area contributed by atoms with Crippen molar-refractivity contribution in [2.75, 3.05) is 0 Å². The summed E-state index contributed by atoms with van der Waals surface area (Å²) in [5, 5.41) is 12.6. The Bertz CT molecular complexity index is 1340. The van der Waals surface area contributed by atoms with Crippen molar-refractivity contribution in [3.8, 4) is 5.69 Å². The van der Waals surface area contributed by atoms with Gasteiger partial charge in [0.2, 0.25) is 5.91 Å². The Morgan fingerprint density at radius 3 is 2.27 bits per heavy atom. The molecule has 4 aromatic rings. The van der Waals surface area contributed by atoms with E-state index in [2.05, 4.69) is 34.6 Å². The van der Waals surface area contributed by atoms with Crippen molar-refractivity contribution in [1.82, 2.24) is 24.9 Å². The van der Waals surface area contributed by atoms with E-state index in [1.54, 1.807) is 4.68 Å². The highest BCUT2D eigenvalue weighted by Gasteiger charge is 2.25. The number of aromatic nitrogens is 4. The summed E-state index contributed by atoms with van der Waals surface area (Å²) in [7, 11) is 0. The first kappa shape index (κ1) is 22.5. The molecule has 2 aromatic carbocycles. The summed E-state index contributed by atoms with van der Waals surface area (Å²) in [6, 6.07) is 17.1. The molecule has 0 fully saturated rings. The zero-order chi connectivity index (χ0) is 23.5. The minimum absolute atomic E-state index is 0.224. The largest absolute Gasteiger partial charge is 0.350 e. The molecule has 2 heterocycles. The van der Waals surface area contributed by atoms with Crippen LogP contribution in [-0.4, -0.2) is 25.5 Å². The van der Waals surface area contributed by atoms with Crippen LogP contribution in [-0.2, 0) is 17.8 Å². The molecular weight excluding hydrogens is 414 g/mol. The lowest BCUT2D eigenvalue weighted by Gasteiger charge is -2.17. The number of amides is 1. The van der Waals surface area contributed by atoms with Crippen LogP contribution in [0.25, 0.3) is 16.6 Å². The van der Waals surface area contributed by atoms with Crippen LogP contribution in [0.15, 0.2) is 59.4 Å². The van der Waals surface area contributed by atoms with Gasteiger partial charge in [0.25, 0.3) is 5.56 Å². The highest BCUT2D eigenvalue weighted by Crippen LogP contribution is 2.21. The van der Waals surface area contributed by atoms with Crippen molar-refractivity contribution in [3.05, 3.63) is 87.5 Å². The molecule has 2 aromatic heterocycles. The van der Waals surface area contributed by atoms with Crippen molar-refractivity contribution in [3.63, 3.8) is 0 Å². The number of nitrogens with zero attached hydrogens (tertiary/aromatic N) is 4. The third-order valence-electron chi connectivity index (χ3n) is 6.02. The third-order valence-corrected chi connectivity index (χ3v) is 6.02. The van der Waals surface area contributed by atoms with Crippen LogP contribution in [0.2, 0.25) is 0 Å². The molecule has 0 bridgehead atoms. The highest BCUT2D eigenvalue weighted by molar-refractivity contribution is 5.84. The van der Waals surface area contributed by atoms with E-state index in [0.717, 1.165) is 23.4 Å². The lowest BCUT2D eigenvalue weighted by Crippen LogP contribution is -2.38. The molecule has 0 unspecified atom stereocenters. The molecule has 1 N–H and O–H groups in total. The molecule has 0 spiro atoms. The molecule has 33 heavy (non-hydrogen) atoms. The molecule has 170 valence electrons. The first-order valence-corrected chi connectivity index (χ1v) is 11.3. The lowest BCUT2D eigenvalue weighted by molar-refractivity contribution is -0.125. The van der Waals surface area contributed by atoms with Gasteiger partial charge in [-0.05, 0) is 49.9 Å². The van der Waals surface area contributed by atoms with Gasteiger partial charge in [-0.2, -0.15) is 10.2 Å². The van der Waals surface area contributed by atoms with Crippen LogP contribution in [0.5, 0.6) is 0 Å². The minimum Gasteiger partial charge on any atom is -0.350 e. The summed E-state index contributed by atoms with van der Waals surface area (Å²) in [6.07, 6.45) is 1.42. The van der Waals surface area contributed by atoms with Gasteiger partial charge in [0.05, 0.1) is 22.5 Å². The Balaban J connectivity index is 1.66. The van der Waals surface area contributed by atoms with Crippen LogP contribution in [0.1, 0.15) is 48.8 Å². The number of fused-ring (bicyclic) bond motifs is 1. The Morgan fingerprint density at radius 2 is 1.64 bits per heavy atom. The predicted molar refractivity (Wildman–Crippen MR) is 130 cm³/mol. The number of hydrogen-bond acceptors (Lipinski definition) is 4. The fourth-order valence-corrected chi connectivity index (χ4v) is 4.08. The normalized spacial score (nSPS) is 12.1. The summed E-state index contributed by atoms with van der Waals surface area (Å²) in [4.78, 5) is 26.5. The maximum absolute atomic E-state index is 13.5. The van der Waals surface area contributed by atoms with Gasteiger partial charge in [-0.3, -0.25) is 9.59 Å². The maximum Gasteiger partial charge on any atom is 0.278 e. The van der Waals surface area contributed by atoms with E-state index in [9.17, 15) is 9.59 Å². The smallest absolute Gasteiger partial charge is 0.278 e. The average molecular weight is 444 g/mol. The van der Waals surface area contributed by atoms with Crippen LogP contribution < -0.4 is 10.9 Å². The molecular formula is C26H29N5O2. The van der Waals surface area contributed by atoms with E-state index in [1.165, 1.54) is 10.2 Å². The Hall–Kier alpha value is -3.74. The van der Waals surface area contributed by atoms with Crippen molar-refractivity contribution in [2.24, 2.45) is 0 Å². The van der Waals surface area contributed by atoms with Crippen molar-refractivity contribution in [2.45, 2.75) is 53.1 Å². The van der Waals surface area contributed by atoms with Crippen LogP contribution in [0.3, 0.4) is 0 Å². The van der Waals surface area contributed by atoms with Gasteiger partial charge >= 0.3 is 0 Å². The molecule has 0 saturated carbocycles. The van der Waals surface area contributed by atoms with Crippen LogP contribution in [0.4, 0.5) is 0 Å². The summed E-state index contributed by atoms with van der Waals surface area (Å²) in [5.41, 5.74) is 4.74. The molecule has 7 heteroatoms. The molecule has 1 amide bonds. The second-order valence-corrected chi connectivity index (χ2v) is 8.20. The van der Waals surface area contributed by atoms with Gasteiger partial charge < -0.3 is 5.32 Å². The Kier molecular flexibility index (Phi) is 6.40. The SMILES string of the molecule is CCc1ccc(CNC(=O)[C@H](CC)n2nc(C)c3nn(-c4ccccc4)c(C)c3c2=O)cc1. The molecule has 0 saturated heterocycles. The van der Waals surface area contributed by atoms with Gasteiger partial charge in [-0.1, -0.05) is 56.3 Å². The second kappa shape index (κ2) is 9.40. The van der Waals surface area contributed by atoms with Crippen molar-refractivity contribution >= 4 is 16.8 Å². The summed E-state index contributed by atoms with van der Waals surface area (Å²) in [6.45, 7) is 8.08.